The van der Waals surface area contributed by atoms with Crippen LogP contribution in [-0.2, 0) is 12.8 Å². The number of aryl methyl sites for hydroxylation is 1. The zero-order chi connectivity index (χ0) is 20.0. The maximum absolute atomic E-state index is 13.7. The number of nitrogens with one attached hydrogen (secondary N) is 2. The van der Waals surface area contributed by atoms with E-state index in [0.29, 0.717) is 17.3 Å². The van der Waals surface area contributed by atoms with E-state index in [9.17, 15) is 4.39 Å². The Morgan fingerprint density at radius 3 is 2.97 bits per heavy atom. The van der Waals surface area contributed by atoms with E-state index >= 15 is 0 Å². The number of H-pyrrole nitrogens is 1. The third-order valence-corrected chi connectivity index (χ3v) is 5.45. The SMILES string of the molecule is CC(C)c1cnn2c(N[C@@H]3CCc4[nH]ccc4C3)nc(-c3cncc(F)c3)nc12. The Morgan fingerprint density at radius 1 is 1.24 bits per heavy atom. The van der Waals surface area contributed by atoms with Gasteiger partial charge in [-0.25, -0.2) is 9.37 Å². The zero-order valence-corrected chi connectivity index (χ0v) is 16.4. The molecule has 7 nitrogen and oxygen atoms in total. The van der Waals surface area contributed by atoms with Crippen LogP contribution >= 0.6 is 0 Å². The van der Waals surface area contributed by atoms with Crippen LogP contribution < -0.4 is 5.32 Å². The van der Waals surface area contributed by atoms with Crippen molar-refractivity contribution >= 4 is 11.6 Å². The minimum absolute atomic E-state index is 0.238. The molecule has 8 heteroatoms. The summed E-state index contributed by atoms with van der Waals surface area (Å²) in [7, 11) is 0. The first-order chi connectivity index (χ1) is 14.1. The summed E-state index contributed by atoms with van der Waals surface area (Å²) in [5.74, 6) is 0.897. The van der Waals surface area contributed by atoms with Gasteiger partial charge in [0.15, 0.2) is 11.5 Å². The molecule has 1 aliphatic carbocycles. The van der Waals surface area contributed by atoms with E-state index in [-0.39, 0.29) is 12.0 Å². The van der Waals surface area contributed by atoms with Gasteiger partial charge in [0.25, 0.3) is 0 Å². The highest BCUT2D eigenvalue weighted by molar-refractivity contribution is 5.62. The van der Waals surface area contributed by atoms with Crippen LogP contribution in [0.4, 0.5) is 10.3 Å². The van der Waals surface area contributed by atoms with E-state index in [0.717, 1.165) is 30.5 Å². The molecule has 4 aromatic heterocycles. The Morgan fingerprint density at radius 2 is 2.14 bits per heavy atom. The summed E-state index contributed by atoms with van der Waals surface area (Å²) in [4.78, 5) is 16.6. The number of nitrogens with zero attached hydrogens (tertiary/aromatic N) is 5. The molecule has 0 unspecified atom stereocenters. The second-order valence-corrected chi connectivity index (χ2v) is 7.82. The predicted molar refractivity (Wildman–Crippen MR) is 108 cm³/mol. The van der Waals surface area contributed by atoms with E-state index in [1.807, 2.05) is 12.4 Å². The van der Waals surface area contributed by atoms with Crippen LogP contribution in [0.25, 0.3) is 17.0 Å². The van der Waals surface area contributed by atoms with Crippen molar-refractivity contribution < 1.29 is 4.39 Å². The fourth-order valence-corrected chi connectivity index (χ4v) is 3.91. The molecule has 2 N–H and O–H groups in total. The van der Waals surface area contributed by atoms with E-state index in [4.69, 9.17) is 0 Å². The van der Waals surface area contributed by atoms with E-state index in [1.165, 1.54) is 23.5 Å². The molecule has 1 atom stereocenters. The van der Waals surface area contributed by atoms with Crippen molar-refractivity contribution in [1.82, 2.24) is 29.5 Å². The van der Waals surface area contributed by atoms with Crippen LogP contribution in [0, 0.1) is 5.82 Å². The lowest BCUT2D eigenvalue weighted by molar-refractivity contribution is 0.597. The number of rotatable bonds is 4. The summed E-state index contributed by atoms with van der Waals surface area (Å²) in [5, 5.41) is 8.08. The molecule has 148 valence electrons. The Labute approximate surface area is 167 Å². The molecule has 4 aromatic rings. The molecule has 5 rings (SSSR count). The fourth-order valence-electron chi connectivity index (χ4n) is 3.91. The highest BCUT2D eigenvalue weighted by Gasteiger charge is 2.22. The van der Waals surface area contributed by atoms with Crippen molar-refractivity contribution in [3.05, 3.63) is 59.6 Å². The van der Waals surface area contributed by atoms with Gasteiger partial charge in [0, 0.05) is 35.3 Å². The number of anilines is 1. The Balaban J connectivity index is 1.58. The van der Waals surface area contributed by atoms with E-state index in [2.05, 4.69) is 50.3 Å². The third-order valence-electron chi connectivity index (χ3n) is 5.45. The Hall–Kier alpha value is -3.29. The highest BCUT2D eigenvalue weighted by atomic mass is 19.1. The summed E-state index contributed by atoms with van der Waals surface area (Å²) < 4.78 is 15.5. The molecule has 0 aliphatic heterocycles. The van der Waals surface area contributed by atoms with Crippen molar-refractivity contribution in [2.24, 2.45) is 0 Å². The molecule has 0 bridgehead atoms. The van der Waals surface area contributed by atoms with Crippen LogP contribution in [0.3, 0.4) is 0 Å². The molecule has 4 heterocycles. The summed E-state index contributed by atoms with van der Waals surface area (Å²) in [6.45, 7) is 4.20. The largest absolute Gasteiger partial charge is 0.365 e. The van der Waals surface area contributed by atoms with E-state index in [1.54, 1.807) is 10.7 Å². The van der Waals surface area contributed by atoms with Crippen molar-refractivity contribution in [3.8, 4) is 11.4 Å². The minimum Gasteiger partial charge on any atom is -0.365 e. The normalized spacial score (nSPS) is 16.3. The Bertz CT molecular complexity index is 1180. The molecule has 29 heavy (non-hydrogen) atoms. The molecule has 1 aliphatic rings. The van der Waals surface area contributed by atoms with Gasteiger partial charge in [-0.15, -0.1) is 0 Å². The standard InChI is InChI=1S/C21H22FN7/c1-12(2)17-11-25-29-20(17)27-19(14-7-15(22)10-23-9-14)28-21(29)26-16-3-4-18-13(8-16)5-6-24-18/h5-7,9-12,16,24H,3-4,8H2,1-2H3,(H,26,27,28)/t16-/m1/s1. The molecule has 0 fully saturated rings. The van der Waals surface area contributed by atoms with Crippen molar-refractivity contribution in [1.29, 1.82) is 0 Å². The molecular weight excluding hydrogens is 369 g/mol. The molecular formula is C21H22FN7. The van der Waals surface area contributed by atoms with E-state index < -0.39 is 5.82 Å². The van der Waals surface area contributed by atoms with Crippen LogP contribution in [0.5, 0.6) is 0 Å². The second-order valence-electron chi connectivity index (χ2n) is 7.82. The highest BCUT2D eigenvalue weighted by Crippen LogP contribution is 2.27. The number of aromatic amines is 1. The van der Waals surface area contributed by atoms with Gasteiger partial charge >= 0.3 is 0 Å². The molecule has 0 aromatic carbocycles. The first kappa shape index (κ1) is 17.8. The lowest BCUT2D eigenvalue weighted by atomic mass is 9.93. The average Bonchev–Trinajstić information content (AvgIpc) is 3.34. The number of aromatic nitrogens is 6. The number of hydrogen-bond donors (Lipinski definition) is 2. The van der Waals surface area contributed by atoms with Gasteiger partial charge in [-0.2, -0.15) is 14.6 Å². The van der Waals surface area contributed by atoms with Crippen LogP contribution in [0.1, 0.15) is 43.0 Å². The summed E-state index contributed by atoms with van der Waals surface area (Å²) in [6.07, 6.45) is 9.48. The smallest absolute Gasteiger partial charge is 0.228 e. The van der Waals surface area contributed by atoms with Gasteiger partial charge in [-0.3, -0.25) is 4.98 Å². The summed E-state index contributed by atoms with van der Waals surface area (Å²) in [6, 6.07) is 3.77. The van der Waals surface area contributed by atoms with Gasteiger partial charge in [0.2, 0.25) is 5.95 Å². The molecule has 0 amide bonds. The Kier molecular flexibility index (Phi) is 4.26. The number of fused-ring (bicyclic) bond motifs is 2. The lowest BCUT2D eigenvalue weighted by Gasteiger charge is -2.24. The fraction of sp³-hybridized carbons (Fsp3) is 0.333. The molecule has 0 spiro atoms. The van der Waals surface area contributed by atoms with Crippen LogP contribution in [0.2, 0.25) is 0 Å². The quantitative estimate of drug-likeness (QED) is 0.554. The number of pyridine rings is 1. The average molecular weight is 391 g/mol. The first-order valence-electron chi connectivity index (χ1n) is 9.86. The summed E-state index contributed by atoms with van der Waals surface area (Å²) in [5.41, 5.74) is 4.94. The van der Waals surface area contributed by atoms with Gasteiger partial charge in [-0.1, -0.05) is 13.8 Å². The topological polar surface area (TPSA) is 83.8 Å². The molecule has 0 saturated heterocycles. The van der Waals surface area contributed by atoms with Gasteiger partial charge in [0.05, 0.1) is 12.4 Å². The molecule has 0 radical (unpaired) electrons. The molecule has 0 saturated carbocycles. The maximum atomic E-state index is 13.7. The minimum atomic E-state index is -0.412. The second kappa shape index (κ2) is 6.95. The predicted octanol–water partition coefficient (Wildman–Crippen LogP) is 3.75. The van der Waals surface area contributed by atoms with Gasteiger partial charge < -0.3 is 10.3 Å². The van der Waals surface area contributed by atoms with Gasteiger partial charge in [-0.05, 0) is 42.9 Å². The van der Waals surface area contributed by atoms with Crippen molar-refractivity contribution in [3.63, 3.8) is 0 Å². The maximum Gasteiger partial charge on any atom is 0.228 e. The number of hydrogen-bond acceptors (Lipinski definition) is 5. The lowest BCUT2D eigenvalue weighted by Crippen LogP contribution is -2.28. The first-order valence-corrected chi connectivity index (χ1v) is 9.86. The van der Waals surface area contributed by atoms with Crippen molar-refractivity contribution in [2.45, 2.75) is 45.1 Å². The van der Waals surface area contributed by atoms with Gasteiger partial charge in [0.1, 0.15) is 5.82 Å². The van der Waals surface area contributed by atoms with Crippen LogP contribution in [-0.4, -0.2) is 35.6 Å². The summed E-state index contributed by atoms with van der Waals surface area (Å²) >= 11 is 0. The third kappa shape index (κ3) is 3.24. The number of halogens is 1. The van der Waals surface area contributed by atoms with Crippen molar-refractivity contribution in [2.75, 3.05) is 5.32 Å². The van der Waals surface area contributed by atoms with Crippen LogP contribution in [0.15, 0.2) is 36.9 Å². The zero-order valence-electron chi connectivity index (χ0n) is 16.4. The monoisotopic (exact) mass is 391 g/mol.